The Hall–Kier alpha value is -2.66. The van der Waals surface area contributed by atoms with Crippen molar-refractivity contribution in [3.8, 4) is 5.69 Å². The van der Waals surface area contributed by atoms with Crippen molar-refractivity contribution in [1.82, 2.24) is 14.8 Å². The maximum Gasteiger partial charge on any atom is 0.137 e. The highest BCUT2D eigenvalue weighted by atomic mass is 79.9. The molecule has 1 N–H and O–H groups in total. The summed E-state index contributed by atoms with van der Waals surface area (Å²) in [6.45, 7) is 2.01. The zero-order valence-corrected chi connectivity index (χ0v) is 16.6. The van der Waals surface area contributed by atoms with Gasteiger partial charge in [0.1, 0.15) is 11.6 Å². The van der Waals surface area contributed by atoms with E-state index in [1.165, 1.54) is 22.0 Å². The highest BCUT2D eigenvalue weighted by Crippen LogP contribution is 2.36. The Kier molecular flexibility index (Phi) is 3.97. The van der Waals surface area contributed by atoms with E-state index >= 15 is 0 Å². The van der Waals surface area contributed by atoms with Crippen LogP contribution in [-0.2, 0) is 6.42 Å². The van der Waals surface area contributed by atoms with Crippen molar-refractivity contribution in [2.24, 2.45) is 0 Å². The summed E-state index contributed by atoms with van der Waals surface area (Å²) in [4.78, 5) is 0. The van der Waals surface area contributed by atoms with Gasteiger partial charge in [-0.2, -0.15) is 0 Å². The van der Waals surface area contributed by atoms with Gasteiger partial charge in [-0.05, 0) is 48.6 Å². The third-order valence-corrected chi connectivity index (χ3v) is 5.77. The lowest BCUT2D eigenvalue weighted by Crippen LogP contribution is -2.12. The third-order valence-electron chi connectivity index (χ3n) is 5.27. The van der Waals surface area contributed by atoms with Crippen molar-refractivity contribution in [2.45, 2.75) is 25.8 Å². The van der Waals surface area contributed by atoms with Gasteiger partial charge in [0.25, 0.3) is 0 Å². The quantitative estimate of drug-likeness (QED) is 0.461. The number of nitrogens with zero attached hydrogens (tertiary/aromatic N) is 3. The molecule has 0 spiro atoms. The zero-order chi connectivity index (χ0) is 18.4. The Morgan fingerprint density at radius 1 is 1.04 bits per heavy atom. The molecule has 4 aromatic rings. The largest absolute Gasteiger partial charge is 0.378 e. The second kappa shape index (κ2) is 6.50. The van der Waals surface area contributed by atoms with Gasteiger partial charge in [-0.3, -0.25) is 4.57 Å². The Balaban J connectivity index is 1.63. The van der Waals surface area contributed by atoms with Crippen LogP contribution in [0.1, 0.15) is 29.7 Å². The van der Waals surface area contributed by atoms with Gasteiger partial charge < -0.3 is 5.32 Å². The molecule has 5 heteroatoms. The van der Waals surface area contributed by atoms with E-state index in [1.807, 2.05) is 6.92 Å². The average Bonchev–Trinajstić information content (AvgIpc) is 2.98. The number of rotatable bonds is 2. The number of anilines is 1. The minimum Gasteiger partial charge on any atom is -0.378 e. The summed E-state index contributed by atoms with van der Waals surface area (Å²) in [6.07, 6.45) is 1.85. The first-order valence-corrected chi connectivity index (χ1v) is 9.95. The first-order chi connectivity index (χ1) is 13.2. The summed E-state index contributed by atoms with van der Waals surface area (Å²) in [5.41, 5.74) is 3.59. The lowest BCUT2D eigenvalue weighted by Gasteiger charge is -2.22. The topological polar surface area (TPSA) is 42.7 Å². The molecule has 1 atom stereocenters. The van der Waals surface area contributed by atoms with Gasteiger partial charge in [0.15, 0.2) is 0 Å². The van der Waals surface area contributed by atoms with Crippen LogP contribution in [0.2, 0.25) is 0 Å². The van der Waals surface area contributed by atoms with E-state index in [0.717, 1.165) is 34.7 Å². The second-order valence-corrected chi connectivity index (χ2v) is 7.88. The predicted octanol–water partition coefficient (Wildman–Crippen LogP) is 5.59. The van der Waals surface area contributed by atoms with Gasteiger partial charge in [-0.1, -0.05) is 52.3 Å². The molecule has 0 amide bonds. The molecule has 0 saturated carbocycles. The first-order valence-electron chi connectivity index (χ1n) is 9.16. The van der Waals surface area contributed by atoms with Crippen LogP contribution in [0.15, 0.2) is 65.1 Å². The number of nitrogens with one attached hydrogen (secondary N) is 1. The first kappa shape index (κ1) is 16.5. The number of hydrogen-bond donors (Lipinski definition) is 1. The molecular formula is C22H19BrN4. The third kappa shape index (κ3) is 2.82. The van der Waals surface area contributed by atoms with Crippen molar-refractivity contribution in [3.05, 3.63) is 82.3 Å². The van der Waals surface area contributed by atoms with Crippen molar-refractivity contribution in [3.63, 3.8) is 0 Å². The van der Waals surface area contributed by atoms with Crippen molar-refractivity contribution >= 4 is 32.4 Å². The van der Waals surface area contributed by atoms with Gasteiger partial charge in [0.05, 0.1) is 11.7 Å². The zero-order valence-electron chi connectivity index (χ0n) is 15.0. The number of fused-ring (bicyclic) bond motifs is 4. The van der Waals surface area contributed by atoms with E-state index in [-0.39, 0.29) is 6.04 Å². The molecule has 27 heavy (non-hydrogen) atoms. The van der Waals surface area contributed by atoms with Gasteiger partial charge in [-0.25, -0.2) is 0 Å². The molecule has 1 unspecified atom stereocenters. The number of hydrogen-bond acceptors (Lipinski definition) is 3. The molecule has 0 bridgehead atoms. The summed E-state index contributed by atoms with van der Waals surface area (Å²) < 4.78 is 3.27. The van der Waals surface area contributed by atoms with E-state index in [9.17, 15) is 0 Å². The van der Waals surface area contributed by atoms with Gasteiger partial charge >= 0.3 is 0 Å². The molecule has 0 radical (unpaired) electrons. The summed E-state index contributed by atoms with van der Waals surface area (Å²) in [5, 5.41) is 15.0. The Morgan fingerprint density at radius 2 is 1.89 bits per heavy atom. The van der Waals surface area contributed by atoms with Crippen molar-refractivity contribution in [2.75, 3.05) is 5.32 Å². The molecule has 3 aromatic carbocycles. The Bertz CT molecular complexity index is 1140. The standard InChI is InChI=1S/C22H19BrN4/c1-14-25-26-22-12-10-20(18-13-16(23)9-11-21(18)27(14)22)24-19-8-4-6-15-5-2-3-7-17(15)19/h2-9,11,13,20,24H,10,12H2,1H3. The van der Waals surface area contributed by atoms with Gasteiger partial charge in [-0.15, -0.1) is 10.2 Å². The minimum atomic E-state index is 0.199. The smallest absolute Gasteiger partial charge is 0.137 e. The van der Waals surface area contributed by atoms with E-state index in [0.29, 0.717) is 0 Å². The van der Waals surface area contributed by atoms with Crippen LogP contribution >= 0.6 is 15.9 Å². The molecule has 0 aliphatic carbocycles. The normalized spacial score (nSPS) is 15.9. The van der Waals surface area contributed by atoms with Crippen LogP contribution in [0.4, 0.5) is 5.69 Å². The van der Waals surface area contributed by atoms with Crippen LogP contribution in [0.25, 0.3) is 16.5 Å². The van der Waals surface area contributed by atoms with Crippen LogP contribution in [0.3, 0.4) is 0 Å². The highest BCUT2D eigenvalue weighted by molar-refractivity contribution is 9.10. The van der Waals surface area contributed by atoms with Gasteiger partial charge in [0, 0.05) is 22.0 Å². The molecule has 5 rings (SSSR count). The van der Waals surface area contributed by atoms with Crippen molar-refractivity contribution < 1.29 is 0 Å². The van der Waals surface area contributed by atoms with Crippen LogP contribution in [-0.4, -0.2) is 14.8 Å². The molecule has 134 valence electrons. The molecule has 0 fully saturated rings. The van der Waals surface area contributed by atoms with Crippen LogP contribution in [0, 0.1) is 6.92 Å². The predicted molar refractivity (Wildman–Crippen MR) is 112 cm³/mol. The number of aryl methyl sites for hydroxylation is 2. The number of benzene rings is 3. The Morgan fingerprint density at radius 3 is 2.81 bits per heavy atom. The number of aromatic nitrogens is 3. The molecule has 1 aromatic heterocycles. The molecule has 2 heterocycles. The number of halogens is 1. The molecule has 0 saturated heterocycles. The fraction of sp³-hybridized carbons (Fsp3) is 0.182. The van der Waals surface area contributed by atoms with Crippen LogP contribution in [0.5, 0.6) is 0 Å². The monoisotopic (exact) mass is 418 g/mol. The summed E-state index contributed by atoms with van der Waals surface area (Å²) >= 11 is 3.65. The SMILES string of the molecule is Cc1nnc2n1-c1ccc(Br)cc1C(Nc1cccc3ccccc13)CC2. The molecule has 1 aliphatic rings. The van der Waals surface area contributed by atoms with E-state index in [1.54, 1.807) is 0 Å². The molecule has 4 nitrogen and oxygen atoms in total. The maximum absolute atomic E-state index is 4.40. The lowest BCUT2D eigenvalue weighted by molar-refractivity contribution is 0.686. The summed E-state index contributed by atoms with van der Waals surface area (Å²) in [5.74, 6) is 1.96. The Labute approximate surface area is 166 Å². The second-order valence-electron chi connectivity index (χ2n) is 6.96. The summed E-state index contributed by atoms with van der Waals surface area (Å²) in [7, 11) is 0. The lowest BCUT2D eigenvalue weighted by atomic mass is 10.00. The maximum atomic E-state index is 4.40. The average molecular weight is 419 g/mol. The van der Waals surface area contributed by atoms with Crippen LogP contribution < -0.4 is 5.32 Å². The van der Waals surface area contributed by atoms with Crippen molar-refractivity contribution in [1.29, 1.82) is 0 Å². The van der Waals surface area contributed by atoms with E-state index in [2.05, 4.69) is 96.7 Å². The van der Waals surface area contributed by atoms with Gasteiger partial charge in [0.2, 0.25) is 0 Å². The minimum absolute atomic E-state index is 0.199. The van der Waals surface area contributed by atoms with E-state index < -0.39 is 0 Å². The van der Waals surface area contributed by atoms with E-state index in [4.69, 9.17) is 0 Å². The molecular weight excluding hydrogens is 400 g/mol. The fourth-order valence-electron chi connectivity index (χ4n) is 4.01. The molecule has 1 aliphatic heterocycles. The summed E-state index contributed by atoms with van der Waals surface area (Å²) in [6, 6.07) is 21.6. The fourth-order valence-corrected chi connectivity index (χ4v) is 4.39. The highest BCUT2D eigenvalue weighted by Gasteiger charge is 2.25.